The zero-order valence-corrected chi connectivity index (χ0v) is 10.8. The lowest BCUT2D eigenvalue weighted by Crippen LogP contribution is -2.56. The molecular weight excluding hydrogens is 285 g/mol. The van der Waals surface area contributed by atoms with Crippen molar-refractivity contribution >= 4 is 23.3 Å². The molecule has 0 aromatic heterocycles. The molecule has 2 rings (SSSR count). The Kier molecular flexibility index (Phi) is 4.01. The highest BCUT2D eigenvalue weighted by atomic mass is 19.1. The van der Waals surface area contributed by atoms with Gasteiger partial charge in [0, 0.05) is 25.2 Å². The van der Waals surface area contributed by atoms with Gasteiger partial charge in [-0.3, -0.25) is 19.7 Å². The Hall–Kier alpha value is -2.71. The molecule has 1 amide bonds. The molecule has 0 saturated carbocycles. The van der Waals surface area contributed by atoms with E-state index in [0.717, 1.165) is 18.2 Å². The minimum atomic E-state index is -1.22. The first kappa shape index (κ1) is 14.7. The smallest absolute Gasteiger partial charge is 0.305 e. The van der Waals surface area contributed by atoms with Gasteiger partial charge >= 0.3 is 5.97 Å². The van der Waals surface area contributed by atoms with Crippen LogP contribution in [0.2, 0.25) is 0 Å². The number of carboxylic acid groups (broad SMARTS) is 1. The first-order chi connectivity index (χ1) is 9.90. The van der Waals surface area contributed by atoms with Gasteiger partial charge in [-0.1, -0.05) is 0 Å². The van der Waals surface area contributed by atoms with Crippen LogP contribution < -0.4 is 10.2 Å². The van der Waals surface area contributed by atoms with E-state index in [1.54, 1.807) is 0 Å². The summed E-state index contributed by atoms with van der Waals surface area (Å²) in [6, 6.07) is 1.76. The maximum atomic E-state index is 13.4. The van der Waals surface area contributed by atoms with Crippen LogP contribution in [0, 0.1) is 15.9 Å². The molecule has 1 aliphatic rings. The van der Waals surface area contributed by atoms with Crippen molar-refractivity contribution in [2.24, 2.45) is 0 Å². The number of carbonyl (C=O) groups excluding carboxylic acids is 1. The normalized spacial score (nSPS) is 18.2. The number of rotatable bonds is 4. The van der Waals surface area contributed by atoms with Crippen LogP contribution in [-0.2, 0) is 9.59 Å². The SMILES string of the molecule is O=C(O)CC1C(=O)NCCN1c1cc(F)ccc1[N+](=O)[O-]. The van der Waals surface area contributed by atoms with Crippen molar-refractivity contribution in [2.75, 3.05) is 18.0 Å². The Morgan fingerprint density at radius 3 is 2.90 bits per heavy atom. The monoisotopic (exact) mass is 297 g/mol. The molecule has 1 saturated heterocycles. The summed E-state index contributed by atoms with van der Waals surface area (Å²) in [6.45, 7) is 0.358. The molecule has 112 valence electrons. The van der Waals surface area contributed by atoms with Gasteiger partial charge in [-0.25, -0.2) is 4.39 Å². The molecular formula is C12H12FN3O5. The third kappa shape index (κ3) is 3.07. The van der Waals surface area contributed by atoms with Crippen molar-refractivity contribution in [1.82, 2.24) is 5.32 Å². The van der Waals surface area contributed by atoms with Crippen LogP contribution in [0.15, 0.2) is 18.2 Å². The van der Waals surface area contributed by atoms with Crippen molar-refractivity contribution in [3.05, 3.63) is 34.1 Å². The molecule has 21 heavy (non-hydrogen) atoms. The average molecular weight is 297 g/mol. The first-order valence-corrected chi connectivity index (χ1v) is 6.10. The zero-order valence-electron chi connectivity index (χ0n) is 10.8. The second-order valence-corrected chi connectivity index (χ2v) is 4.49. The molecule has 1 unspecified atom stereocenters. The average Bonchev–Trinajstić information content (AvgIpc) is 2.40. The predicted molar refractivity (Wildman–Crippen MR) is 69.5 cm³/mol. The third-order valence-corrected chi connectivity index (χ3v) is 3.14. The largest absolute Gasteiger partial charge is 0.481 e. The summed E-state index contributed by atoms with van der Waals surface area (Å²) in [5.41, 5.74) is -0.470. The number of carbonyl (C=O) groups is 2. The van der Waals surface area contributed by atoms with Gasteiger partial charge in [0.1, 0.15) is 17.5 Å². The molecule has 0 bridgehead atoms. The number of aliphatic carboxylic acids is 1. The van der Waals surface area contributed by atoms with E-state index in [0.29, 0.717) is 0 Å². The van der Waals surface area contributed by atoms with Crippen molar-refractivity contribution in [3.8, 4) is 0 Å². The van der Waals surface area contributed by atoms with Crippen molar-refractivity contribution in [1.29, 1.82) is 0 Å². The van der Waals surface area contributed by atoms with Crippen LogP contribution in [0.4, 0.5) is 15.8 Å². The van der Waals surface area contributed by atoms with Gasteiger partial charge < -0.3 is 15.3 Å². The molecule has 1 aromatic carbocycles. The Morgan fingerprint density at radius 2 is 2.29 bits per heavy atom. The number of hydrogen-bond acceptors (Lipinski definition) is 5. The van der Waals surface area contributed by atoms with Gasteiger partial charge in [0.2, 0.25) is 5.91 Å². The minimum absolute atomic E-state index is 0.0962. The highest BCUT2D eigenvalue weighted by molar-refractivity contribution is 5.91. The van der Waals surface area contributed by atoms with Gasteiger partial charge in [0.25, 0.3) is 5.69 Å². The second kappa shape index (κ2) is 5.73. The van der Waals surface area contributed by atoms with Gasteiger partial charge in [0.05, 0.1) is 11.3 Å². The number of hydrogen-bond donors (Lipinski definition) is 2. The first-order valence-electron chi connectivity index (χ1n) is 6.10. The topological polar surface area (TPSA) is 113 Å². The lowest BCUT2D eigenvalue weighted by molar-refractivity contribution is -0.384. The lowest BCUT2D eigenvalue weighted by atomic mass is 10.1. The Balaban J connectivity index is 2.46. The van der Waals surface area contributed by atoms with Crippen molar-refractivity contribution in [2.45, 2.75) is 12.5 Å². The Morgan fingerprint density at radius 1 is 1.57 bits per heavy atom. The number of nitrogens with zero attached hydrogens (tertiary/aromatic N) is 2. The molecule has 1 atom stereocenters. The number of benzene rings is 1. The standard InChI is InChI=1S/C12H12FN3O5/c13-7-1-2-8(16(20)21)9(5-7)15-4-3-14-12(19)10(15)6-11(17)18/h1-2,5,10H,3-4,6H2,(H,14,19)(H,17,18). The van der Waals surface area contributed by atoms with E-state index in [1.807, 2.05) is 0 Å². The molecule has 0 spiro atoms. The van der Waals surface area contributed by atoms with Crippen LogP contribution in [0.25, 0.3) is 0 Å². The highest BCUT2D eigenvalue weighted by Gasteiger charge is 2.35. The number of nitro benzene ring substituents is 1. The Labute approximate surface area is 118 Å². The van der Waals surface area contributed by atoms with Gasteiger partial charge in [-0.05, 0) is 6.07 Å². The summed E-state index contributed by atoms with van der Waals surface area (Å²) in [6.07, 6.45) is -0.528. The number of nitro groups is 1. The maximum Gasteiger partial charge on any atom is 0.305 e. The molecule has 0 radical (unpaired) electrons. The molecule has 9 heteroatoms. The van der Waals surface area contributed by atoms with Crippen LogP contribution >= 0.6 is 0 Å². The summed E-state index contributed by atoms with van der Waals surface area (Å²) in [5.74, 6) is -2.47. The Bertz CT molecular complexity index is 607. The summed E-state index contributed by atoms with van der Waals surface area (Å²) in [5, 5.41) is 22.4. The van der Waals surface area contributed by atoms with E-state index < -0.39 is 35.1 Å². The quantitative estimate of drug-likeness (QED) is 0.618. The molecule has 2 N–H and O–H groups in total. The van der Waals surface area contributed by atoms with Crippen LogP contribution in [0.5, 0.6) is 0 Å². The molecule has 0 aliphatic carbocycles. The summed E-state index contributed by atoms with van der Waals surface area (Å²) >= 11 is 0. The van der Waals surface area contributed by atoms with Crippen molar-refractivity contribution in [3.63, 3.8) is 0 Å². The van der Waals surface area contributed by atoms with Crippen molar-refractivity contribution < 1.29 is 24.0 Å². The molecule has 1 heterocycles. The van der Waals surface area contributed by atoms with Gasteiger partial charge in [-0.15, -0.1) is 0 Å². The van der Waals surface area contributed by atoms with Crippen LogP contribution in [-0.4, -0.2) is 41.0 Å². The molecule has 8 nitrogen and oxygen atoms in total. The second-order valence-electron chi connectivity index (χ2n) is 4.49. The predicted octanol–water partition coefficient (Wildman–Crippen LogP) is 0.513. The van der Waals surface area contributed by atoms with E-state index in [1.165, 1.54) is 4.90 Å². The molecule has 1 aromatic rings. The fourth-order valence-electron chi connectivity index (χ4n) is 2.25. The number of nitrogens with one attached hydrogen (secondary N) is 1. The van der Waals surface area contributed by atoms with Crippen LogP contribution in [0.3, 0.4) is 0 Å². The summed E-state index contributed by atoms with van der Waals surface area (Å²) < 4.78 is 13.4. The highest BCUT2D eigenvalue weighted by Crippen LogP contribution is 2.31. The summed E-state index contributed by atoms with van der Waals surface area (Å²) in [7, 11) is 0. The number of piperazine rings is 1. The zero-order chi connectivity index (χ0) is 15.6. The van der Waals surface area contributed by atoms with Gasteiger partial charge in [0.15, 0.2) is 0 Å². The minimum Gasteiger partial charge on any atom is -0.481 e. The number of amides is 1. The van der Waals surface area contributed by atoms with E-state index in [2.05, 4.69) is 5.32 Å². The van der Waals surface area contributed by atoms with E-state index in [9.17, 15) is 24.1 Å². The van der Waals surface area contributed by atoms with Crippen LogP contribution in [0.1, 0.15) is 6.42 Å². The fourth-order valence-corrected chi connectivity index (χ4v) is 2.25. The van der Waals surface area contributed by atoms with E-state index >= 15 is 0 Å². The van der Waals surface area contributed by atoms with E-state index in [-0.39, 0.29) is 24.5 Å². The third-order valence-electron chi connectivity index (χ3n) is 3.14. The fraction of sp³-hybridized carbons (Fsp3) is 0.333. The summed E-state index contributed by atoms with van der Waals surface area (Å²) in [4.78, 5) is 34.2. The van der Waals surface area contributed by atoms with Gasteiger partial charge in [-0.2, -0.15) is 0 Å². The lowest BCUT2D eigenvalue weighted by Gasteiger charge is -2.35. The number of anilines is 1. The molecule has 1 aliphatic heterocycles. The maximum absolute atomic E-state index is 13.4. The number of carboxylic acids is 1. The molecule has 1 fully saturated rings. The van der Waals surface area contributed by atoms with E-state index in [4.69, 9.17) is 5.11 Å². The number of halogens is 1.